The highest BCUT2D eigenvalue weighted by atomic mass is 19.3. The van der Waals surface area contributed by atoms with Crippen molar-refractivity contribution in [3.63, 3.8) is 0 Å². The molecule has 1 aromatic heterocycles. The van der Waals surface area contributed by atoms with Gasteiger partial charge < -0.3 is 9.80 Å². The predicted molar refractivity (Wildman–Crippen MR) is 89.7 cm³/mol. The van der Waals surface area contributed by atoms with Crippen LogP contribution >= 0.6 is 0 Å². The van der Waals surface area contributed by atoms with Gasteiger partial charge in [-0.2, -0.15) is 5.10 Å². The third-order valence-corrected chi connectivity index (χ3v) is 5.51. The molecule has 1 aromatic carbocycles. The molecular weight excluding hydrogens is 345 g/mol. The number of nitrogens with zero attached hydrogens (tertiary/aromatic N) is 3. The van der Waals surface area contributed by atoms with E-state index >= 15 is 0 Å². The second-order valence-corrected chi connectivity index (χ2v) is 7.08. The highest BCUT2D eigenvalue weighted by Gasteiger charge is 2.60. The number of carbonyl (C=O) groups excluding carboxylic acids is 1. The normalized spacial score (nSPS) is 25.0. The van der Waals surface area contributed by atoms with Crippen molar-refractivity contribution in [2.75, 3.05) is 31.1 Å². The lowest BCUT2D eigenvalue weighted by Crippen LogP contribution is -2.58. The molecule has 1 atom stereocenters. The molecule has 26 heavy (non-hydrogen) atoms. The van der Waals surface area contributed by atoms with E-state index < -0.39 is 17.2 Å². The number of amides is 1. The van der Waals surface area contributed by atoms with Crippen molar-refractivity contribution in [1.29, 1.82) is 0 Å². The second-order valence-electron chi connectivity index (χ2n) is 7.08. The molecule has 2 aliphatic heterocycles. The second kappa shape index (κ2) is 6.03. The maximum Gasteiger partial charge on any atom is 0.271 e. The summed E-state index contributed by atoms with van der Waals surface area (Å²) >= 11 is 0. The third kappa shape index (κ3) is 2.73. The largest absolute Gasteiger partial charge is 0.371 e. The van der Waals surface area contributed by atoms with Crippen LogP contribution < -0.4 is 4.90 Å². The Kier molecular flexibility index (Phi) is 3.93. The zero-order valence-corrected chi connectivity index (χ0v) is 14.1. The van der Waals surface area contributed by atoms with Crippen LogP contribution in [0.25, 0.3) is 0 Å². The monoisotopic (exact) mass is 364 g/mol. The van der Waals surface area contributed by atoms with Crippen LogP contribution in [0.3, 0.4) is 0 Å². The van der Waals surface area contributed by atoms with E-state index in [0.717, 1.165) is 0 Å². The lowest BCUT2D eigenvalue weighted by atomic mass is 9.75. The van der Waals surface area contributed by atoms with E-state index in [2.05, 4.69) is 10.2 Å². The van der Waals surface area contributed by atoms with E-state index in [-0.39, 0.29) is 38.4 Å². The Labute approximate surface area is 148 Å². The van der Waals surface area contributed by atoms with Gasteiger partial charge in [-0.25, -0.2) is 13.2 Å². The van der Waals surface area contributed by atoms with Gasteiger partial charge in [0.05, 0.1) is 5.41 Å². The van der Waals surface area contributed by atoms with Crippen LogP contribution in [0.2, 0.25) is 0 Å². The number of anilines is 1. The van der Waals surface area contributed by atoms with Crippen LogP contribution in [0.15, 0.2) is 36.5 Å². The van der Waals surface area contributed by atoms with Crippen molar-refractivity contribution < 1.29 is 18.0 Å². The summed E-state index contributed by atoms with van der Waals surface area (Å²) in [7, 11) is 0. The highest BCUT2D eigenvalue weighted by Crippen LogP contribution is 2.50. The number of benzene rings is 1. The zero-order chi connectivity index (χ0) is 18.4. The van der Waals surface area contributed by atoms with Gasteiger partial charge in [-0.15, -0.1) is 0 Å². The maximum absolute atomic E-state index is 14.9. The molecule has 1 unspecified atom stereocenters. The smallest absolute Gasteiger partial charge is 0.271 e. The van der Waals surface area contributed by atoms with Gasteiger partial charge in [0.25, 0.3) is 11.8 Å². The molecular formula is C18H19F3N4O. The first kappa shape index (κ1) is 16.9. The van der Waals surface area contributed by atoms with E-state index in [1.54, 1.807) is 17.0 Å². The molecule has 0 bridgehead atoms. The van der Waals surface area contributed by atoms with Gasteiger partial charge in [-0.1, -0.05) is 6.07 Å². The number of hydrogen-bond acceptors (Lipinski definition) is 3. The van der Waals surface area contributed by atoms with E-state index in [9.17, 15) is 18.0 Å². The Hall–Kier alpha value is -2.51. The highest BCUT2D eigenvalue weighted by molar-refractivity contribution is 5.92. The number of aromatic nitrogens is 2. The van der Waals surface area contributed by atoms with Gasteiger partial charge in [-0.3, -0.25) is 9.89 Å². The summed E-state index contributed by atoms with van der Waals surface area (Å²) in [5.74, 6) is -3.59. The fraction of sp³-hybridized carbons (Fsp3) is 0.444. The number of likely N-dealkylation sites (tertiary alicyclic amines) is 1. The van der Waals surface area contributed by atoms with Crippen LogP contribution in [0.5, 0.6) is 0 Å². The molecule has 3 heterocycles. The van der Waals surface area contributed by atoms with Crippen molar-refractivity contribution in [2.24, 2.45) is 5.41 Å². The summed E-state index contributed by atoms with van der Waals surface area (Å²) in [6.07, 6.45) is 1.34. The number of piperidine rings is 1. The molecule has 2 aromatic rings. The third-order valence-electron chi connectivity index (χ3n) is 5.51. The van der Waals surface area contributed by atoms with Crippen LogP contribution in [0.1, 0.15) is 23.3 Å². The Balaban J connectivity index is 1.58. The SMILES string of the molecule is O=C(c1ccn[nH]1)N1CCC(F)(F)C2(CCN(c3cccc(F)c3)C2)C1. The Morgan fingerprint density at radius 1 is 1.15 bits per heavy atom. The van der Waals surface area contributed by atoms with E-state index in [4.69, 9.17) is 0 Å². The number of carbonyl (C=O) groups is 1. The van der Waals surface area contributed by atoms with Crippen molar-refractivity contribution in [2.45, 2.75) is 18.8 Å². The first-order chi connectivity index (χ1) is 12.4. The fourth-order valence-corrected chi connectivity index (χ4v) is 4.01. The summed E-state index contributed by atoms with van der Waals surface area (Å²) in [5.41, 5.74) is -0.437. The molecule has 1 spiro atoms. The molecule has 2 saturated heterocycles. The number of nitrogens with one attached hydrogen (secondary N) is 1. The minimum Gasteiger partial charge on any atom is -0.371 e. The van der Waals surface area contributed by atoms with Crippen molar-refractivity contribution in [1.82, 2.24) is 15.1 Å². The Morgan fingerprint density at radius 3 is 2.73 bits per heavy atom. The van der Waals surface area contributed by atoms with Crippen LogP contribution in [-0.2, 0) is 0 Å². The summed E-state index contributed by atoms with van der Waals surface area (Å²) in [6, 6.07) is 7.51. The van der Waals surface area contributed by atoms with E-state index in [1.807, 2.05) is 0 Å². The van der Waals surface area contributed by atoms with Gasteiger partial charge in [-0.05, 0) is 30.7 Å². The van der Waals surface area contributed by atoms with Crippen LogP contribution in [0.4, 0.5) is 18.9 Å². The van der Waals surface area contributed by atoms with Gasteiger partial charge in [0.15, 0.2) is 0 Å². The van der Waals surface area contributed by atoms with Gasteiger partial charge >= 0.3 is 0 Å². The number of H-pyrrole nitrogens is 1. The van der Waals surface area contributed by atoms with Crippen LogP contribution in [0, 0.1) is 11.2 Å². The summed E-state index contributed by atoms with van der Waals surface area (Å²) in [6.45, 7) is 0.484. The summed E-state index contributed by atoms with van der Waals surface area (Å²) in [5, 5.41) is 6.35. The average Bonchev–Trinajstić information content (AvgIpc) is 3.28. The van der Waals surface area contributed by atoms with Crippen molar-refractivity contribution in [3.8, 4) is 0 Å². The molecule has 0 saturated carbocycles. The molecule has 2 fully saturated rings. The Bertz CT molecular complexity index is 811. The summed E-state index contributed by atoms with van der Waals surface area (Å²) in [4.78, 5) is 15.8. The first-order valence-electron chi connectivity index (χ1n) is 8.57. The molecule has 1 N–H and O–H groups in total. The van der Waals surface area contributed by atoms with E-state index in [0.29, 0.717) is 17.9 Å². The maximum atomic E-state index is 14.9. The quantitative estimate of drug-likeness (QED) is 0.892. The topological polar surface area (TPSA) is 52.2 Å². The van der Waals surface area contributed by atoms with Crippen molar-refractivity contribution in [3.05, 3.63) is 48.0 Å². The summed E-state index contributed by atoms with van der Waals surface area (Å²) < 4.78 is 43.2. The molecule has 5 nitrogen and oxygen atoms in total. The minimum absolute atomic E-state index is 0.00652. The number of hydrogen-bond donors (Lipinski definition) is 1. The number of alkyl halides is 2. The van der Waals surface area contributed by atoms with Gasteiger partial charge in [0.2, 0.25) is 0 Å². The zero-order valence-electron chi connectivity index (χ0n) is 14.1. The number of halogens is 3. The molecule has 0 aliphatic carbocycles. The molecule has 138 valence electrons. The van der Waals surface area contributed by atoms with Gasteiger partial charge in [0.1, 0.15) is 11.5 Å². The Morgan fingerprint density at radius 2 is 2.00 bits per heavy atom. The average molecular weight is 364 g/mol. The number of rotatable bonds is 2. The van der Waals surface area contributed by atoms with Gasteiger partial charge in [0, 0.05) is 44.5 Å². The molecule has 4 rings (SSSR count). The lowest BCUT2D eigenvalue weighted by molar-refractivity contribution is -0.150. The number of aromatic amines is 1. The minimum atomic E-state index is -2.88. The standard InChI is InChI=1S/C18H19F3N4O/c19-13-2-1-3-14(10-13)24-8-5-17(11-24)12-25(9-6-18(17,20)21)16(26)15-4-7-22-23-15/h1-4,7,10H,5-6,8-9,11-12H2,(H,22,23). The van der Waals surface area contributed by atoms with E-state index in [1.165, 1.54) is 29.3 Å². The molecule has 1 amide bonds. The molecule has 8 heteroatoms. The first-order valence-corrected chi connectivity index (χ1v) is 8.57. The molecule has 0 radical (unpaired) electrons. The van der Waals surface area contributed by atoms with Crippen molar-refractivity contribution >= 4 is 11.6 Å². The molecule has 2 aliphatic rings. The van der Waals surface area contributed by atoms with Crippen LogP contribution in [-0.4, -0.2) is 53.1 Å². The fourth-order valence-electron chi connectivity index (χ4n) is 4.01. The lowest BCUT2D eigenvalue weighted by Gasteiger charge is -2.45. The predicted octanol–water partition coefficient (Wildman–Crippen LogP) is 2.93.